The molecule has 1 aliphatic carbocycles. The van der Waals surface area contributed by atoms with E-state index in [4.69, 9.17) is 5.11 Å². The molecule has 0 radical (unpaired) electrons. The molecule has 1 aromatic heterocycles. The van der Waals surface area contributed by atoms with Gasteiger partial charge in [0.05, 0.1) is 5.52 Å². The maximum atomic E-state index is 11.1. The normalized spacial score (nSPS) is 15.2. The maximum Gasteiger partial charge on any atom is 0.354 e. The van der Waals surface area contributed by atoms with Crippen molar-refractivity contribution >= 4 is 22.6 Å². The topological polar surface area (TPSA) is 62.2 Å². The van der Waals surface area contributed by atoms with E-state index in [0.717, 1.165) is 29.1 Å². The number of aromatic nitrogens is 1. The Bertz CT molecular complexity index is 621. The standard InChI is InChI=1S/C15H16N2O2/c18-15(19)14-8-13(16-9-10-4-3-5-10)11-6-1-2-7-12(11)17-14/h1-2,6-8,10H,3-5,9H2,(H,16,17)(H,18,19). The molecule has 0 unspecified atom stereocenters. The van der Waals surface area contributed by atoms with Crippen LogP contribution in [0.1, 0.15) is 29.8 Å². The number of carboxylic acid groups (broad SMARTS) is 1. The van der Waals surface area contributed by atoms with E-state index < -0.39 is 5.97 Å². The lowest BCUT2D eigenvalue weighted by molar-refractivity contribution is 0.0691. The van der Waals surface area contributed by atoms with Gasteiger partial charge in [-0.1, -0.05) is 24.6 Å². The maximum absolute atomic E-state index is 11.1. The molecule has 1 saturated carbocycles. The van der Waals surface area contributed by atoms with Gasteiger partial charge in [0.1, 0.15) is 0 Å². The lowest BCUT2D eigenvalue weighted by Gasteiger charge is -2.26. The fraction of sp³-hybridized carbons (Fsp3) is 0.333. The van der Waals surface area contributed by atoms with Crippen molar-refractivity contribution in [3.05, 3.63) is 36.0 Å². The zero-order valence-corrected chi connectivity index (χ0v) is 10.6. The molecule has 0 aliphatic heterocycles. The van der Waals surface area contributed by atoms with Crippen LogP contribution in [-0.2, 0) is 0 Å². The Morgan fingerprint density at radius 3 is 2.84 bits per heavy atom. The number of para-hydroxylation sites is 1. The summed E-state index contributed by atoms with van der Waals surface area (Å²) in [4.78, 5) is 15.3. The molecular weight excluding hydrogens is 240 g/mol. The summed E-state index contributed by atoms with van der Waals surface area (Å²) in [5.41, 5.74) is 1.68. The first-order valence-corrected chi connectivity index (χ1v) is 6.61. The molecule has 19 heavy (non-hydrogen) atoms. The Morgan fingerprint density at radius 1 is 1.37 bits per heavy atom. The van der Waals surface area contributed by atoms with Gasteiger partial charge >= 0.3 is 5.97 Å². The quantitative estimate of drug-likeness (QED) is 0.882. The molecule has 1 heterocycles. The summed E-state index contributed by atoms with van der Waals surface area (Å²) in [6.07, 6.45) is 3.84. The number of benzene rings is 1. The van der Waals surface area contributed by atoms with Crippen molar-refractivity contribution in [2.45, 2.75) is 19.3 Å². The van der Waals surface area contributed by atoms with Crippen molar-refractivity contribution in [1.29, 1.82) is 0 Å². The summed E-state index contributed by atoms with van der Waals surface area (Å²) in [6.45, 7) is 0.910. The first kappa shape index (κ1) is 12.0. The van der Waals surface area contributed by atoms with E-state index in [1.165, 1.54) is 19.3 Å². The van der Waals surface area contributed by atoms with Gasteiger partial charge in [0.2, 0.25) is 0 Å². The number of anilines is 1. The molecule has 1 aliphatic rings. The van der Waals surface area contributed by atoms with Gasteiger partial charge < -0.3 is 10.4 Å². The number of rotatable bonds is 4. The molecule has 98 valence electrons. The Kier molecular flexibility index (Phi) is 3.07. The minimum absolute atomic E-state index is 0.0924. The summed E-state index contributed by atoms with van der Waals surface area (Å²) in [5, 5.41) is 13.5. The third kappa shape index (κ3) is 2.38. The number of hydrogen-bond acceptors (Lipinski definition) is 3. The molecule has 2 aromatic rings. The molecule has 0 amide bonds. The largest absolute Gasteiger partial charge is 0.477 e. The van der Waals surface area contributed by atoms with Gasteiger partial charge in [-0.15, -0.1) is 0 Å². The number of nitrogens with zero attached hydrogens (tertiary/aromatic N) is 1. The van der Waals surface area contributed by atoms with Crippen LogP contribution in [0.2, 0.25) is 0 Å². The van der Waals surface area contributed by atoms with Gasteiger partial charge in [-0.2, -0.15) is 0 Å². The van der Waals surface area contributed by atoms with E-state index in [1.807, 2.05) is 24.3 Å². The molecular formula is C15H16N2O2. The monoisotopic (exact) mass is 256 g/mol. The summed E-state index contributed by atoms with van der Waals surface area (Å²) < 4.78 is 0. The minimum Gasteiger partial charge on any atom is -0.477 e. The number of fused-ring (bicyclic) bond motifs is 1. The first-order chi connectivity index (χ1) is 9.24. The van der Waals surface area contributed by atoms with Crippen molar-refractivity contribution in [2.24, 2.45) is 5.92 Å². The third-order valence-corrected chi connectivity index (χ3v) is 3.74. The third-order valence-electron chi connectivity index (χ3n) is 3.74. The number of aromatic carboxylic acids is 1. The second-order valence-electron chi connectivity index (χ2n) is 5.06. The van der Waals surface area contributed by atoms with Gasteiger partial charge in [0.15, 0.2) is 5.69 Å². The highest BCUT2D eigenvalue weighted by atomic mass is 16.4. The molecule has 3 rings (SSSR count). The fourth-order valence-corrected chi connectivity index (χ4v) is 2.38. The molecule has 2 N–H and O–H groups in total. The van der Waals surface area contributed by atoms with E-state index in [-0.39, 0.29) is 5.69 Å². The molecule has 0 saturated heterocycles. The zero-order chi connectivity index (χ0) is 13.2. The van der Waals surface area contributed by atoms with E-state index >= 15 is 0 Å². The predicted octanol–water partition coefficient (Wildman–Crippen LogP) is 3.15. The van der Waals surface area contributed by atoms with Crippen LogP contribution in [0.5, 0.6) is 0 Å². The number of pyridine rings is 1. The highest BCUT2D eigenvalue weighted by Gasteiger charge is 2.18. The summed E-state index contributed by atoms with van der Waals surface area (Å²) in [6, 6.07) is 9.26. The van der Waals surface area contributed by atoms with Crippen molar-refractivity contribution in [3.8, 4) is 0 Å². The SMILES string of the molecule is O=C(O)c1cc(NCC2CCC2)c2ccccc2n1. The number of carboxylic acids is 1. The van der Waals surface area contributed by atoms with Crippen molar-refractivity contribution < 1.29 is 9.90 Å². The van der Waals surface area contributed by atoms with Gasteiger partial charge in [0.25, 0.3) is 0 Å². The Morgan fingerprint density at radius 2 is 2.16 bits per heavy atom. The van der Waals surface area contributed by atoms with Crippen molar-refractivity contribution in [2.75, 3.05) is 11.9 Å². The predicted molar refractivity (Wildman–Crippen MR) is 74.5 cm³/mol. The fourth-order valence-electron chi connectivity index (χ4n) is 2.38. The van der Waals surface area contributed by atoms with Crippen LogP contribution >= 0.6 is 0 Å². The molecule has 4 heteroatoms. The lowest BCUT2D eigenvalue weighted by atomic mass is 9.85. The van der Waals surface area contributed by atoms with Gasteiger partial charge in [-0.25, -0.2) is 9.78 Å². The number of hydrogen-bond donors (Lipinski definition) is 2. The number of nitrogens with one attached hydrogen (secondary N) is 1. The molecule has 1 aromatic carbocycles. The van der Waals surface area contributed by atoms with E-state index in [2.05, 4.69) is 10.3 Å². The molecule has 0 atom stereocenters. The van der Waals surface area contributed by atoms with Gasteiger partial charge in [0, 0.05) is 17.6 Å². The highest BCUT2D eigenvalue weighted by molar-refractivity contribution is 5.97. The average Bonchev–Trinajstić information content (AvgIpc) is 2.36. The van der Waals surface area contributed by atoms with E-state index in [9.17, 15) is 4.79 Å². The highest BCUT2D eigenvalue weighted by Crippen LogP contribution is 2.28. The van der Waals surface area contributed by atoms with Crippen molar-refractivity contribution in [1.82, 2.24) is 4.98 Å². The molecule has 0 spiro atoms. The van der Waals surface area contributed by atoms with Crippen LogP contribution in [0.4, 0.5) is 5.69 Å². The van der Waals surface area contributed by atoms with Gasteiger partial charge in [-0.05, 0) is 30.9 Å². The summed E-state index contributed by atoms with van der Waals surface area (Å²) in [7, 11) is 0. The zero-order valence-electron chi connectivity index (χ0n) is 10.6. The lowest BCUT2D eigenvalue weighted by Crippen LogP contribution is -2.21. The van der Waals surface area contributed by atoms with Crippen LogP contribution in [0.25, 0.3) is 10.9 Å². The smallest absolute Gasteiger partial charge is 0.354 e. The summed E-state index contributed by atoms with van der Waals surface area (Å²) >= 11 is 0. The second kappa shape index (κ2) is 4.88. The van der Waals surface area contributed by atoms with Crippen LogP contribution in [-0.4, -0.2) is 22.6 Å². The van der Waals surface area contributed by atoms with Crippen LogP contribution in [0.15, 0.2) is 30.3 Å². The molecule has 0 bridgehead atoms. The number of carbonyl (C=O) groups is 1. The Balaban J connectivity index is 1.96. The van der Waals surface area contributed by atoms with E-state index in [0.29, 0.717) is 0 Å². The Hall–Kier alpha value is -2.10. The summed E-state index contributed by atoms with van der Waals surface area (Å²) in [5.74, 6) is -0.266. The Labute approximate surface area is 111 Å². The molecule has 4 nitrogen and oxygen atoms in total. The average molecular weight is 256 g/mol. The second-order valence-corrected chi connectivity index (χ2v) is 5.06. The first-order valence-electron chi connectivity index (χ1n) is 6.61. The van der Waals surface area contributed by atoms with Crippen LogP contribution in [0.3, 0.4) is 0 Å². The van der Waals surface area contributed by atoms with Crippen LogP contribution < -0.4 is 5.32 Å². The van der Waals surface area contributed by atoms with Crippen molar-refractivity contribution in [3.63, 3.8) is 0 Å². The van der Waals surface area contributed by atoms with Gasteiger partial charge in [-0.3, -0.25) is 0 Å². The van der Waals surface area contributed by atoms with Crippen LogP contribution in [0, 0.1) is 5.92 Å². The minimum atomic E-state index is -0.988. The van der Waals surface area contributed by atoms with E-state index in [1.54, 1.807) is 6.07 Å². The molecule has 1 fully saturated rings.